The Morgan fingerprint density at radius 1 is 1.69 bits per heavy atom. The summed E-state index contributed by atoms with van der Waals surface area (Å²) in [5.74, 6) is 0. The van der Waals surface area contributed by atoms with Gasteiger partial charge in [0.25, 0.3) is 5.56 Å². The molecule has 1 rings (SSSR count). The lowest BCUT2D eigenvalue weighted by Gasteiger charge is -2.11. The van der Waals surface area contributed by atoms with Crippen molar-refractivity contribution in [3.63, 3.8) is 0 Å². The van der Waals surface area contributed by atoms with Crippen LogP contribution in [0.15, 0.2) is 17.1 Å². The molecule has 1 heterocycles. The predicted molar refractivity (Wildman–Crippen MR) is 48.4 cm³/mol. The van der Waals surface area contributed by atoms with Gasteiger partial charge in [-0.15, -0.1) is 0 Å². The number of aromatic nitrogens is 2. The van der Waals surface area contributed by atoms with Crippen molar-refractivity contribution in [3.05, 3.63) is 22.6 Å². The molecule has 0 fully saturated rings. The smallest absolute Gasteiger partial charge is 0.269 e. The van der Waals surface area contributed by atoms with Crippen molar-refractivity contribution >= 4 is 5.69 Å². The molecule has 5 nitrogen and oxygen atoms in total. The first-order chi connectivity index (χ1) is 6.15. The van der Waals surface area contributed by atoms with Crippen LogP contribution in [0, 0.1) is 11.3 Å². The van der Waals surface area contributed by atoms with E-state index in [9.17, 15) is 4.79 Å². The molecule has 0 aliphatic rings. The molecule has 13 heavy (non-hydrogen) atoms. The van der Waals surface area contributed by atoms with Crippen molar-refractivity contribution < 1.29 is 0 Å². The van der Waals surface area contributed by atoms with Gasteiger partial charge in [0.05, 0.1) is 18.0 Å². The average Bonchev–Trinajstić information content (AvgIpc) is 2.08. The van der Waals surface area contributed by atoms with Gasteiger partial charge in [0, 0.05) is 20.2 Å². The van der Waals surface area contributed by atoms with Gasteiger partial charge in [-0.1, -0.05) is 0 Å². The topological polar surface area (TPSA) is 61.9 Å². The summed E-state index contributed by atoms with van der Waals surface area (Å²) < 4.78 is 1.12. The fourth-order valence-corrected chi connectivity index (χ4v) is 0.854. The van der Waals surface area contributed by atoms with Gasteiger partial charge in [0.2, 0.25) is 0 Å². The first-order valence-corrected chi connectivity index (χ1v) is 3.76. The second-order valence-electron chi connectivity index (χ2n) is 2.76. The highest BCUT2D eigenvalue weighted by Crippen LogP contribution is 2.02. The van der Waals surface area contributed by atoms with E-state index in [-0.39, 0.29) is 12.1 Å². The summed E-state index contributed by atoms with van der Waals surface area (Å²) in [6.45, 7) is -0.00740. The van der Waals surface area contributed by atoms with E-state index in [0.29, 0.717) is 0 Å². The van der Waals surface area contributed by atoms with Gasteiger partial charge < -0.3 is 4.90 Å². The van der Waals surface area contributed by atoms with Gasteiger partial charge in [-0.3, -0.25) is 4.79 Å². The van der Waals surface area contributed by atoms with Crippen LogP contribution in [0.25, 0.3) is 0 Å². The average molecular weight is 178 g/mol. The molecule has 1 aromatic heterocycles. The van der Waals surface area contributed by atoms with E-state index in [1.54, 1.807) is 11.1 Å². The number of hydrogen-bond acceptors (Lipinski definition) is 4. The van der Waals surface area contributed by atoms with E-state index >= 15 is 0 Å². The second kappa shape index (κ2) is 3.72. The van der Waals surface area contributed by atoms with Crippen molar-refractivity contribution in [2.45, 2.75) is 6.54 Å². The highest BCUT2D eigenvalue weighted by atomic mass is 16.1. The third kappa shape index (κ3) is 2.06. The number of nitrogens with zero attached hydrogens (tertiary/aromatic N) is 4. The Hall–Kier alpha value is -1.83. The Bertz CT molecular complexity index is 388. The minimum absolute atomic E-state index is 0.00740. The molecule has 0 radical (unpaired) electrons. The SMILES string of the molecule is CN(C)c1cnn(CC#N)c(=O)c1. The van der Waals surface area contributed by atoms with Crippen LogP contribution in [0.5, 0.6) is 0 Å². The van der Waals surface area contributed by atoms with Crippen LogP contribution in [0.1, 0.15) is 0 Å². The van der Waals surface area contributed by atoms with Crippen molar-refractivity contribution in [2.24, 2.45) is 0 Å². The molecule has 0 amide bonds. The summed E-state index contributed by atoms with van der Waals surface area (Å²) in [6, 6.07) is 3.31. The molecule has 68 valence electrons. The van der Waals surface area contributed by atoms with Crippen LogP contribution >= 0.6 is 0 Å². The number of nitriles is 1. The number of hydrogen-bond donors (Lipinski definition) is 0. The molecular formula is C8H10N4O. The van der Waals surface area contributed by atoms with Crippen LogP contribution in [0.2, 0.25) is 0 Å². The Balaban J connectivity index is 3.08. The zero-order chi connectivity index (χ0) is 9.84. The van der Waals surface area contributed by atoms with Gasteiger partial charge in [0.1, 0.15) is 6.54 Å². The maximum Gasteiger partial charge on any atom is 0.269 e. The van der Waals surface area contributed by atoms with Gasteiger partial charge in [-0.25, -0.2) is 4.68 Å². The summed E-state index contributed by atoms with van der Waals surface area (Å²) >= 11 is 0. The van der Waals surface area contributed by atoms with Gasteiger partial charge in [0.15, 0.2) is 0 Å². The van der Waals surface area contributed by atoms with Gasteiger partial charge in [-0.05, 0) is 0 Å². The fourth-order valence-electron chi connectivity index (χ4n) is 0.854. The summed E-state index contributed by atoms with van der Waals surface area (Å²) in [5, 5.41) is 12.2. The van der Waals surface area contributed by atoms with E-state index in [4.69, 9.17) is 5.26 Å². The summed E-state index contributed by atoms with van der Waals surface area (Å²) in [5.41, 5.74) is 0.479. The highest BCUT2D eigenvalue weighted by molar-refractivity contribution is 5.40. The van der Waals surface area contributed by atoms with Crippen molar-refractivity contribution in [2.75, 3.05) is 19.0 Å². The predicted octanol–water partition coefficient (Wildman–Crippen LogP) is -0.167. The van der Waals surface area contributed by atoms with Crippen molar-refractivity contribution in [1.82, 2.24) is 9.78 Å². The first-order valence-electron chi connectivity index (χ1n) is 3.76. The summed E-state index contributed by atoms with van der Waals surface area (Å²) in [4.78, 5) is 13.0. The minimum atomic E-state index is -0.257. The molecule has 0 N–H and O–H groups in total. The number of anilines is 1. The normalized spacial score (nSPS) is 9.31. The first kappa shape index (κ1) is 9.26. The highest BCUT2D eigenvalue weighted by Gasteiger charge is 1.99. The maximum absolute atomic E-state index is 11.3. The third-order valence-electron chi connectivity index (χ3n) is 1.59. The van der Waals surface area contributed by atoms with E-state index in [1.165, 1.54) is 6.07 Å². The van der Waals surface area contributed by atoms with E-state index in [0.717, 1.165) is 10.4 Å². The van der Waals surface area contributed by atoms with Crippen molar-refractivity contribution in [1.29, 1.82) is 5.26 Å². The Kier molecular flexibility index (Phi) is 2.65. The zero-order valence-electron chi connectivity index (χ0n) is 7.56. The van der Waals surface area contributed by atoms with E-state index in [1.807, 2.05) is 20.2 Å². The van der Waals surface area contributed by atoms with Crippen LogP contribution < -0.4 is 10.5 Å². The molecule has 0 spiro atoms. The molecule has 5 heteroatoms. The molecule has 0 unspecified atom stereocenters. The van der Waals surface area contributed by atoms with E-state index in [2.05, 4.69) is 5.10 Å². The van der Waals surface area contributed by atoms with Gasteiger partial charge in [-0.2, -0.15) is 10.4 Å². The molecule has 0 saturated carbocycles. The lowest BCUT2D eigenvalue weighted by Crippen LogP contribution is -2.23. The molecule has 0 aliphatic heterocycles. The quantitative estimate of drug-likeness (QED) is 0.631. The van der Waals surface area contributed by atoms with E-state index < -0.39 is 0 Å². The summed E-state index contributed by atoms with van der Waals surface area (Å²) in [6.07, 6.45) is 1.55. The number of rotatable bonds is 2. The molecule has 1 aromatic rings. The molecule has 0 aliphatic carbocycles. The largest absolute Gasteiger partial charge is 0.376 e. The molecule has 0 aromatic carbocycles. The van der Waals surface area contributed by atoms with Gasteiger partial charge >= 0.3 is 0 Å². The monoisotopic (exact) mass is 178 g/mol. The fraction of sp³-hybridized carbons (Fsp3) is 0.375. The minimum Gasteiger partial charge on any atom is -0.376 e. The molecule has 0 saturated heterocycles. The molecule has 0 bridgehead atoms. The standard InChI is InChI=1S/C8H10N4O/c1-11(2)7-5-8(13)12(4-3-9)10-6-7/h5-6H,4H2,1-2H3. The molecule has 0 atom stereocenters. The van der Waals surface area contributed by atoms with Crippen LogP contribution in [-0.2, 0) is 6.54 Å². The lowest BCUT2D eigenvalue weighted by molar-refractivity contribution is 0.657. The van der Waals surface area contributed by atoms with Crippen molar-refractivity contribution in [3.8, 4) is 6.07 Å². The Morgan fingerprint density at radius 3 is 2.85 bits per heavy atom. The Labute approximate surface area is 75.8 Å². The summed E-state index contributed by atoms with van der Waals surface area (Å²) in [7, 11) is 3.65. The Morgan fingerprint density at radius 2 is 2.38 bits per heavy atom. The maximum atomic E-state index is 11.3. The second-order valence-corrected chi connectivity index (χ2v) is 2.76. The molecular weight excluding hydrogens is 168 g/mol. The zero-order valence-corrected chi connectivity index (χ0v) is 7.56. The lowest BCUT2D eigenvalue weighted by atomic mass is 10.4. The van der Waals surface area contributed by atoms with Crippen LogP contribution in [0.3, 0.4) is 0 Å². The van der Waals surface area contributed by atoms with Crippen LogP contribution in [0.4, 0.5) is 5.69 Å². The third-order valence-corrected chi connectivity index (χ3v) is 1.59. The van der Waals surface area contributed by atoms with Crippen LogP contribution in [-0.4, -0.2) is 23.9 Å².